The maximum Gasteiger partial charge on any atom is 0.411 e. The number of amides is 1. The van der Waals surface area contributed by atoms with Crippen LogP contribution in [0.15, 0.2) is 54.6 Å². The van der Waals surface area contributed by atoms with Gasteiger partial charge in [0.2, 0.25) is 0 Å². The van der Waals surface area contributed by atoms with Gasteiger partial charge in [0, 0.05) is 12.1 Å². The number of benzene rings is 2. The molecule has 2 aromatic carbocycles. The predicted molar refractivity (Wildman–Crippen MR) is 126 cm³/mol. The van der Waals surface area contributed by atoms with Crippen molar-refractivity contribution in [2.24, 2.45) is 0 Å². The van der Waals surface area contributed by atoms with E-state index in [1.807, 2.05) is 30.3 Å². The van der Waals surface area contributed by atoms with Gasteiger partial charge in [-0.05, 0) is 70.4 Å². The van der Waals surface area contributed by atoms with E-state index in [1.165, 1.54) is 11.8 Å². The molecule has 0 aliphatic carbocycles. The molecule has 1 aliphatic rings. The second-order valence-electron chi connectivity index (χ2n) is 9.32. The zero-order valence-corrected chi connectivity index (χ0v) is 20.1. The van der Waals surface area contributed by atoms with E-state index >= 15 is 0 Å². The number of nitrogens with one attached hydrogen (secondary N) is 1. The summed E-state index contributed by atoms with van der Waals surface area (Å²) in [6.07, 6.45) is 0.406. The number of nitrogens with zero attached hydrogens (tertiary/aromatic N) is 1. The Morgan fingerprint density at radius 3 is 2.29 bits per heavy atom. The van der Waals surface area contributed by atoms with Gasteiger partial charge in [0.1, 0.15) is 17.4 Å². The highest BCUT2D eigenvalue weighted by Crippen LogP contribution is 2.23. The maximum atomic E-state index is 13.0. The summed E-state index contributed by atoms with van der Waals surface area (Å²) in [5, 5.41) is 0. The van der Waals surface area contributed by atoms with Crippen molar-refractivity contribution in [1.82, 2.24) is 10.4 Å². The first-order valence-corrected chi connectivity index (χ1v) is 11.4. The predicted octanol–water partition coefficient (Wildman–Crippen LogP) is 4.28. The fourth-order valence-electron chi connectivity index (χ4n) is 3.59. The minimum absolute atomic E-state index is 0.0747. The molecule has 0 aromatic heterocycles. The first-order valence-electron chi connectivity index (χ1n) is 11.4. The van der Waals surface area contributed by atoms with E-state index in [1.54, 1.807) is 45.0 Å². The van der Waals surface area contributed by atoms with Gasteiger partial charge in [0.25, 0.3) is 0 Å². The molecule has 1 N–H and O–H groups in total. The summed E-state index contributed by atoms with van der Waals surface area (Å²) in [6.45, 7) is 7.40. The van der Waals surface area contributed by atoms with Crippen LogP contribution in [-0.2, 0) is 21.0 Å². The number of rotatable bonds is 7. The topological polar surface area (TPSA) is 94.2 Å². The van der Waals surface area contributed by atoms with Crippen molar-refractivity contribution < 1.29 is 28.7 Å². The van der Waals surface area contributed by atoms with Crippen LogP contribution in [0, 0.1) is 0 Å². The van der Waals surface area contributed by atoms with Gasteiger partial charge in [-0.3, -0.25) is 14.5 Å². The molecule has 0 bridgehead atoms. The van der Waals surface area contributed by atoms with Crippen LogP contribution in [-0.4, -0.2) is 47.0 Å². The van der Waals surface area contributed by atoms with Gasteiger partial charge in [-0.1, -0.05) is 30.3 Å². The van der Waals surface area contributed by atoms with Crippen molar-refractivity contribution in [3.8, 4) is 5.75 Å². The quantitative estimate of drug-likeness (QED) is 0.280. The number of hydrogen-bond donors (Lipinski definition) is 1. The lowest BCUT2D eigenvalue weighted by molar-refractivity contribution is -0.142. The normalized spacial score (nSPS) is 18.3. The van der Waals surface area contributed by atoms with Gasteiger partial charge in [0.05, 0.1) is 12.6 Å². The first-order chi connectivity index (χ1) is 16.1. The smallest absolute Gasteiger partial charge is 0.411 e. The molecule has 1 aliphatic heterocycles. The number of likely N-dealkylation sites (tertiary alicyclic amines) is 1. The van der Waals surface area contributed by atoms with E-state index in [4.69, 9.17) is 14.3 Å². The number of piperidine rings is 1. The monoisotopic (exact) mass is 468 g/mol. The molecular formula is C26H32N2O6. The maximum absolute atomic E-state index is 13.0. The highest BCUT2D eigenvalue weighted by molar-refractivity contribution is 5.94. The van der Waals surface area contributed by atoms with E-state index in [0.29, 0.717) is 30.8 Å². The Balaban J connectivity index is 1.65. The van der Waals surface area contributed by atoms with Crippen LogP contribution in [0.5, 0.6) is 5.75 Å². The second kappa shape index (κ2) is 11.3. The third-order valence-electron chi connectivity index (χ3n) is 5.29. The summed E-state index contributed by atoms with van der Waals surface area (Å²) in [5.41, 5.74) is 3.85. The molecule has 1 fully saturated rings. The Kier molecular flexibility index (Phi) is 8.41. The highest BCUT2D eigenvalue weighted by atomic mass is 16.6. The number of hydrogen-bond acceptors (Lipinski definition) is 7. The number of ketones is 1. The molecule has 2 aromatic rings. The summed E-state index contributed by atoms with van der Waals surface area (Å²) < 4.78 is 11.1. The van der Waals surface area contributed by atoms with Crippen LogP contribution in [0.1, 0.15) is 56.5 Å². The van der Waals surface area contributed by atoms with Crippen molar-refractivity contribution >= 4 is 17.8 Å². The number of carbonyl (C=O) groups is 3. The van der Waals surface area contributed by atoms with E-state index in [2.05, 4.69) is 5.48 Å². The van der Waals surface area contributed by atoms with Crippen molar-refractivity contribution in [2.45, 2.75) is 64.8 Å². The van der Waals surface area contributed by atoms with Gasteiger partial charge in [-0.15, -0.1) is 0 Å². The van der Waals surface area contributed by atoms with Crippen LogP contribution >= 0.6 is 0 Å². The number of carbonyl (C=O) groups excluding carboxylic acids is 3. The number of ether oxygens (including phenoxy) is 2. The first kappa shape index (κ1) is 25.4. The Labute approximate surface area is 200 Å². The molecule has 0 saturated carbocycles. The third kappa shape index (κ3) is 7.40. The van der Waals surface area contributed by atoms with Crippen LogP contribution < -0.4 is 10.2 Å². The lowest BCUT2D eigenvalue weighted by atomic mass is 9.99. The Hall–Kier alpha value is -3.23. The minimum Gasteiger partial charge on any atom is -0.444 e. The summed E-state index contributed by atoms with van der Waals surface area (Å²) in [6, 6.07) is 15.1. The molecule has 34 heavy (non-hydrogen) atoms. The van der Waals surface area contributed by atoms with E-state index in [9.17, 15) is 14.4 Å². The van der Waals surface area contributed by atoms with Crippen LogP contribution in [0.25, 0.3) is 0 Å². The van der Waals surface area contributed by atoms with E-state index in [0.717, 1.165) is 5.56 Å². The SMILES string of the molecule is CC(=O)c1ccc(OC(=O)[C@@H]2CC[C@@H](NOCc3ccccc3)CN2C(=O)OC(C)(C)C)cc1. The minimum atomic E-state index is -0.797. The highest BCUT2D eigenvalue weighted by Gasteiger charge is 2.39. The van der Waals surface area contributed by atoms with E-state index < -0.39 is 23.7 Å². The molecule has 2 atom stereocenters. The zero-order valence-electron chi connectivity index (χ0n) is 20.1. The lowest BCUT2D eigenvalue weighted by Gasteiger charge is -2.38. The molecule has 0 spiro atoms. The van der Waals surface area contributed by atoms with Crippen molar-refractivity contribution in [3.05, 3.63) is 65.7 Å². The van der Waals surface area contributed by atoms with Crippen LogP contribution in [0.2, 0.25) is 0 Å². The molecule has 1 saturated heterocycles. The van der Waals surface area contributed by atoms with Crippen molar-refractivity contribution in [2.75, 3.05) is 6.54 Å². The summed E-state index contributed by atoms with van der Waals surface area (Å²) in [7, 11) is 0. The molecular weight excluding hydrogens is 436 g/mol. The second-order valence-corrected chi connectivity index (χ2v) is 9.32. The summed E-state index contributed by atoms with van der Waals surface area (Å²) >= 11 is 0. The Morgan fingerprint density at radius 2 is 1.68 bits per heavy atom. The molecule has 1 heterocycles. The summed E-state index contributed by atoms with van der Waals surface area (Å²) in [5.74, 6) is -0.315. The average Bonchev–Trinajstić information content (AvgIpc) is 2.79. The molecule has 0 unspecified atom stereocenters. The van der Waals surface area contributed by atoms with Crippen LogP contribution in [0.3, 0.4) is 0 Å². The van der Waals surface area contributed by atoms with Crippen molar-refractivity contribution in [3.63, 3.8) is 0 Å². The molecule has 1 amide bonds. The van der Waals surface area contributed by atoms with Gasteiger partial charge in [0.15, 0.2) is 5.78 Å². The molecule has 3 rings (SSSR count). The number of hydroxylamine groups is 1. The third-order valence-corrected chi connectivity index (χ3v) is 5.29. The van der Waals surface area contributed by atoms with Crippen molar-refractivity contribution in [1.29, 1.82) is 0 Å². The molecule has 8 heteroatoms. The molecule has 8 nitrogen and oxygen atoms in total. The average molecular weight is 469 g/mol. The number of Topliss-reactive ketones (excluding diaryl/α,β-unsaturated/α-hetero) is 1. The van der Waals surface area contributed by atoms with Gasteiger partial charge in [-0.25, -0.2) is 9.59 Å². The fraction of sp³-hybridized carbons (Fsp3) is 0.423. The van der Waals surface area contributed by atoms with E-state index in [-0.39, 0.29) is 18.4 Å². The Bertz CT molecular complexity index is 985. The molecule has 182 valence electrons. The lowest BCUT2D eigenvalue weighted by Crippen LogP contribution is -2.57. The number of esters is 1. The fourth-order valence-corrected chi connectivity index (χ4v) is 3.59. The van der Waals surface area contributed by atoms with Crippen LogP contribution in [0.4, 0.5) is 4.79 Å². The summed E-state index contributed by atoms with van der Waals surface area (Å²) in [4.78, 5) is 44.4. The van der Waals surface area contributed by atoms with Gasteiger partial charge >= 0.3 is 12.1 Å². The standard InChI is InChI=1S/C26H32N2O6/c1-18(29)20-10-13-22(14-11-20)33-24(30)23-15-12-21(16-28(23)25(31)34-26(2,3)4)27-32-17-19-8-6-5-7-9-19/h5-11,13-14,21,23,27H,12,15-17H2,1-4H3/t21-,23+/m1/s1. The molecule has 0 radical (unpaired) electrons. The van der Waals surface area contributed by atoms with Gasteiger partial charge in [-0.2, -0.15) is 5.48 Å². The largest absolute Gasteiger partial charge is 0.444 e. The Morgan fingerprint density at radius 1 is 1.00 bits per heavy atom. The zero-order chi connectivity index (χ0) is 24.7. The van der Waals surface area contributed by atoms with Gasteiger partial charge < -0.3 is 9.47 Å².